The molecule has 0 radical (unpaired) electrons. The molecule has 0 aliphatic rings. The van der Waals surface area contributed by atoms with Crippen molar-refractivity contribution in [3.05, 3.63) is 59.5 Å². The Morgan fingerprint density at radius 2 is 2.04 bits per heavy atom. The van der Waals surface area contributed by atoms with Gasteiger partial charge in [-0.2, -0.15) is 15.5 Å². The first-order chi connectivity index (χ1) is 12.1. The molecule has 126 valence electrons. The zero-order valence-electron chi connectivity index (χ0n) is 14.0. The van der Waals surface area contributed by atoms with Crippen LogP contribution in [0.1, 0.15) is 28.4 Å². The van der Waals surface area contributed by atoms with Crippen LogP contribution in [0.4, 0.5) is 0 Å². The average molecular weight is 335 g/mol. The predicted octanol–water partition coefficient (Wildman–Crippen LogP) is 2.53. The number of hydrogen-bond donors (Lipinski definition) is 0. The van der Waals surface area contributed by atoms with E-state index in [1.54, 1.807) is 52.2 Å². The molecule has 25 heavy (non-hydrogen) atoms. The van der Waals surface area contributed by atoms with Gasteiger partial charge in [0.05, 0.1) is 17.8 Å². The summed E-state index contributed by atoms with van der Waals surface area (Å²) < 4.78 is 8.77. The first-order valence-electron chi connectivity index (χ1n) is 7.83. The van der Waals surface area contributed by atoms with E-state index in [-0.39, 0.29) is 6.61 Å². The van der Waals surface area contributed by atoms with Crippen LogP contribution >= 0.6 is 0 Å². The molecule has 7 heteroatoms. The minimum atomic E-state index is -0.442. The molecule has 7 nitrogen and oxygen atoms in total. The number of carbonyl (C=O) groups excluding carboxylic acids is 1. The van der Waals surface area contributed by atoms with Gasteiger partial charge in [0.15, 0.2) is 0 Å². The normalized spacial score (nSPS) is 10.4. The van der Waals surface area contributed by atoms with Crippen molar-refractivity contribution in [2.75, 3.05) is 0 Å². The molecule has 0 atom stereocenters. The van der Waals surface area contributed by atoms with Gasteiger partial charge in [-0.25, -0.2) is 4.79 Å². The highest BCUT2D eigenvalue weighted by atomic mass is 16.5. The fourth-order valence-corrected chi connectivity index (χ4v) is 2.39. The summed E-state index contributed by atoms with van der Waals surface area (Å²) in [5.74, 6) is -0.442. The standard InChI is InChI=1S/C18H17N5O2/c1-3-23-11-16(17(21-23)15-9-20-22(2)10-15)18(24)25-12-14-6-4-13(8-19)5-7-14/h4-7,9-11H,3,12H2,1-2H3. The molecule has 0 saturated heterocycles. The van der Waals surface area contributed by atoms with Gasteiger partial charge < -0.3 is 4.74 Å². The molecule has 0 N–H and O–H groups in total. The van der Waals surface area contributed by atoms with E-state index in [9.17, 15) is 4.79 Å². The summed E-state index contributed by atoms with van der Waals surface area (Å²) in [4.78, 5) is 12.5. The van der Waals surface area contributed by atoms with Crippen molar-refractivity contribution in [2.24, 2.45) is 7.05 Å². The summed E-state index contributed by atoms with van der Waals surface area (Å²) in [7, 11) is 1.81. The molecule has 0 bridgehead atoms. The van der Waals surface area contributed by atoms with Crippen LogP contribution in [0, 0.1) is 11.3 Å². The minimum Gasteiger partial charge on any atom is -0.457 e. The summed E-state index contributed by atoms with van der Waals surface area (Å²) >= 11 is 0. The third-order valence-electron chi connectivity index (χ3n) is 3.74. The number of aromatic nitrogens is 4. The van der Waals surface area contributed by atoms with E-state index in [0.29, 0.717) is 23.4 Å². The molecule has 0 fully saturated rings. The number of carbonyl (C=O) groups is 1. The average Bonchev–Trinajstić information content (AvgIpc) is 3.26. The quantitative estimate of drug-likeness (QED) is 0.669. The summed E-state index contributed by atoms with van der Waals surface area (Å²) in [6, 6.07) is 8.98. The molecule has 1 aromatic carbocycles. The first-order valence-corrected chi connectivity index (χ1v) is 7.83. The molecule has 0 aliphatic carbocycles. The van der Waals surface area contributed by atoms with Crippen molar-refractivity contribution in [3.63, 3.8) is 0 Å². The van der Waals surface area contributed by atoms with Gasteiger partial charge in [-0.15, -0.1) is 0 Å². The lowest BCUT2D eigenvalue weighted by atomic mass is 10.1. The van der Waals surface area contributed by atoms with Crippen molar-refractivity contribution in [3.8, 4) is 17.3 Å². The monoisotopic (exact) mass is 335 g/mol. The number of aryl methyl sites for hydroxylation is 2. The lowest BCUT2D eigenvalue weighted by Gasteiger charge is -2.04. The number of ether oxygens (including phenoxy) is 1. The largest absolute Gasteiger partial charge is 0.457 e. The summed E-state index contributed by atoms with van der Waals surface area (Å²) in [6.45, 7) is 2.73. The third-order valence-corrected chi connectivity index (χ3v) is 3.74. The number of rotatable bonds is 5. The molecule has 3 rings (SSSR count). The molecular weight excluding hydrogens is 318 g/mol. The van der Waals surface area contributed by atoms with Gasteiger partial charge in [0.2, 0.25) is 0 Å². The Hall–Kier alpha value is -3.40. The van der Waals surface area contributed by atoms with Crippen LogP contribution in [0.15, 0.2) is 42.9 Å². The molecule has 3 aromatic rings. The number of hydrogen-bond acceptors (Lipinski definition) is 5. The van der Waals surface area contributed by atoms with Crippen LogP contribution in [-0.4, -0.2) is 25.5 Å². The van der Waals surface area contributed by atoms with Gasteiger partial charge in [-0.05, 0) is 24.6 Å². The molecule has 0 amide bonds. The smallest absolute Gasteiger partial charge is 0.342 e. The lowest BCUT2D eigenvalue weighted by molar-refractivity contribution is 0.0473. The van der Waals surface area contributed by atoms with E-state index in [2.05, 4.69) is 16.3 Å². The molecule has 0 saturated carbocycles. The van der Waals surface area contributed by atoms with E-state index in [1.165, 1.54) is 0 Å². The molecule has 0 spiro atoms. The van der Waals surface area contributed by atoms with E-state index in [1.807, 2.05) is 14.0 Å². The van der Waals surface area contributed by atoms with Crippen molar-refractivity contribution in [2.45, 2.75) is 20.1 Å². The van der Waals surface area contributed by atoms with Gasteiger partial charge in [-0.1, -0.05) is 12.1 Å². The highest BCUT2D eigenvalue weighted by molar-refractivity contribution is 5.95. The summed E-state index contributed by atoms with van der Waals surface area (Å²) in [5.41, 5.74) is 3.11. The molecule has 2 heterocycles. The summed E-state index contributed by atoms with van der Waals surface area (Å²) in [5, 5.41) is 17.4. The Morgan fingerprint density at radius 1 is 1.28 bits per heavy atom. The van der Waals surface area contributed by atoms with Gasteiger partial charge in [0, 0.05) is 31.5 Å². The Balaban J connectivity index is 1.79. The Bertz CT molecular complexity index is 931. The van der Waals surface area contributed by atoms with Crippen LogP contribution in [-0.2, 0) is 24.9 Å². The highest BCUT2D eigenvalue weighted by Crippen LogP contribution is 2.22. The van der Waals surface area contributed by atoms with Gasteiger partial charge in [-0.3, -0.25) is 9.36 Å². The fourth-order valence-electron chi connectivity index (χ4n) is 2.39. The maximum Gasteiger partial charge on any atom is 0.342 e. The highest BCUT2D eigenvalue weighted by Gasteiger charge is 2.20. The second-order valence-corrected chi connectivity index (χ2v) is 5.53. The van der Waals surface area contributed by atoms with Crippen LogP contribution in [0.5, 0.6) is 0 Å². The minimum absolute atomic E-state index is 0.133. The zero-order valence-corrected chi connectivity index (χ0v) is 14.0. The van der Waals surface area contributed by atoms with E-state index in [0.717, 1.165) is 11.1 Å². The van der Waals surface area contributed by atoms with Gasteiger partial charge in [0.25, 0.3) is 0 Å². The number of benzene rings is 1. The van der Waals surface area contributed by atoms with E-state index >= 15 is 0 Å². The Morgan fingerprint density at radius 3 is 2.64 bits per heavy atom. The third kappa shape index (κ3) is 3.58. The van der Waals surface area contributed by atoms with Crippen molar-refractivity contribution in [1.82, 2.24) is 19.6 Å². The van der Waals surface area contributed by atoms with E-state index < -0.39 is 5.97 Å². The van der Waals surface area contributed by atoms with Crippen LogP contribution in [0.25, 0.3) is 11.3 Å². The fraction of sp³-hybridized carbons (Fsp3) is 0.222. The SMILES string of the molecule is CCn1cc(C(=O)OCc2ccc(C#N)cc2)c(-c2cnn(C)c2)n1. The predicted molar refractivity (Wildman–Crippen MR) is 90.4 cm³/mol. The maximum absolute atomic E-state index is 12.5. The van der Waals surface area contributed by atoms with E-state index in [4.69, 9.17) is 10.00 Å². The van der Waals surface area contributed by atoms with Crippen molar-refractivity contribution >= 4 is 5.97 Å². The number of esters is 1. The Kier molecular flexibility index (Phi) is 4.61. The van der Waals surface area contributed by atoms with Crippen LogP contribution in [0.2, 0.25) is 0 Å². The second-order valence-electron chi connectivity index (χ2n) is 5.53. The molecular formula is C18H17N5O2. The zero-order chi connectivity index (χ0) is 17.8. The number of nitriles is 1. The van der Waals surface area contributed by atoms with Crippen LogP contribution < -0.4 is 0 Å². The lowest BCUT2D eigenvalue weighted by Crippen LogP contribution is -2.05. The first kappa shape index (κ1) is 16.5. The van der Waals surface area contributed by atoms with Crippen molar-refractivity contribution in [1.29, 1.82) is 5.26 Å². The molecule has 2 aromatic heterocycles. The molecule has 0 unspecified atom stereocenters. The maximum atomic E-state index is 12.5. The number of nitrogens with zero attached hydrogens (tertiary/aromatic N) is 5. The van der Waals surface area contributed by atoms with Gasteiger partial charge in [0.1, 0.15) is 17.9 Å². The topological polar surface area (TPSA) is 85.7 Å². The second kappa shape index (κ2) is 7.01. The Labute approximate surface area is 145 Å². The summed E-state index contributed by atoms with van der Waals surface area (Å²) in [6.07, 6.45) is 5.16. The molecule has 0 aliphatic heterocycles. The van der Waals surface area contributed by atoms with Crippen molar-refractivity contribution < 1.29 is 9.53 Å². The van der Waals surface area contributed by atoms with Crippen LogP contribution in [0.3, 0.4) is 0 Å². The van der Waals surface area contributed by atoms with Gasteiger partial charge >= 0.3 is 5.97 Å².